The summed E-state index contributed by atoms with van der Waals surface area (Å²) in [6.07, 6.45) is 6.67. The van der Waals surface area contributed by atoms with Crippen LogP contribution in [0.5, 0.6) is 0 Å². The molecular formula is C14H19ClN2O2. The number of rotatable bonds is 4. The van der Waals surface area contributed by atoms with Crippen molar-refractivity contribution in [1.29, 1.82) is 0 Å². The lowest BCUT2D eigenvalue weighted by molar-refractivity contribution is -0.00223. The van der Waals surface area contributed by atoms with Gasteiger partial charge in [0, 0.05) is 24.4 Å². The van der Waals surface area contributed by atoms with Crippen LogP contribution in [0, 0.1) is 5.92 Å². The van der Waals surface area contributed by atoms with Gasteiger partial charge in [-0.25, -0.2) is 4.98 Å². The Balaban J connectivity index is 1.67. The van der Waals surface area contributed by atoms with Gasteiger partial charge in [-0.1, -0.05) is 11.6 Å². The molecular weight excluding hydrogens is 264 g/mol. The van der Waals surface area contributed by atoms with Gasteiger partial charge in [-0.15, -0.1) is 0 Å². The van der Waals surface area contributed by atoms with E-state index in [1.807, 2.05) is 0 Å². The molecule has 104 valence electrons. The molecule has 2 atom stereocenters. The van der Waals surface area contributed by atoms with Gasteiger partial charge in [0.15, 0.2) is 0 Å². The summed E-state index contributed by atoms with van der Waals surface area (Å²) in [7, 11) is 0. The molecule has 19 heavy (non-hydrogen) atoms. The molecule has 1 saturated carbocycles. The zero-order valence-electron chi connectivity index (χ0n) is 10.8. The van der Waals surface area contributed by atoms with Gasteiger partial charge in [0.25, 0.3) is 0 Å². The number of pyridine rings is 1. The van der Waals surface area contributed by atoms with Crippen molar-refractivity contribution in [1.82, 2.24) is 4.98 Å². The monoisotopic (exact) mass is 282 g/mol. The Labute approximate surface area is 118 Å². The highest BCUT2D eigenvalue weighted by Crippen LogP contribution is 2.38. The van der Waals surface area contributed by atoms with Crippen LogP contribution in [0.15, 0.2) is 12.3 Å². The van der Waals surface area contributed by atoms with Crippen LogP contribution in [0.3, 0.4) is 0 Å². The molecule has 2 unspecified atom stereocenters. The Morgan fingerprint density at radius 1 is 1.42 bits per heavy atom. The van der Waals surface area contributed by atoms with Crippen LogP contribution in [-0.2, 0) is 11.3 Å². The third-order valence-corrected chi connectivity index (χ3v) is 4.36. The second-order valence-electron chi connectivity index (χ2n) is 5.40. The predicted octanol–water partition coefficient (Wildman–Crippen LogP) is 2.60. The van der Waals surface area contributed by atoms with Crippen molar-refractivity contribution in [3.05, 3.63) is 22.8 Å². The first-order valence-electron chi connectivity index (χ1n) is 6.90. The molecule has 2 fully saturated rings. The number of nitrogens with zero attached hydrogens (tertiary/aromatic N) is 1. The van der Waals surface area contributed by atoms with E-state index in [1.165, 1.54) is 12.8 Å². The molecule has 2 heterocycles. The van der Waals surface area contributed by atoms with E-state index in [9.17, 15) is 5.11 Å². The summed E-state index contributed by atoms with van der Waals surface area (Å²) in [6.45, 7) is 0.741. The van der Waals surface area contributed by atoms with Gasteiger partial charge in [-0.2, -0.15) is 0 Å². The minimum Gasteiger partial charge on any atom is -0.392 e. The zero-order valence-corrected chi connectivity index (χ0v) is 11.6. The molecule has 2 N–H and O–H groups in total. The van der Waals surface area contributed by atoms with Crippen molar-refractivity contribution in [2.45, 2.75) is 44.4 Å². The minimum atomic E-state index is -0.0610. The maximum absolute atomic E-state index is 9.21. The molecule has 1 saturated heterocycles. The van der Waals surface area contributed by atoms with E-state index in [2.05, 4.69) is 10.3 Å². The number of nitrogens with one attached hydrogen (secondary N) is 1. The minimum absolute atomic E-state index is 0.0610. The summed E-state index contributed by atoms with van der Waals surface area (Å²) in [4.78, 5) is 4.27. The van der Waals surface area contributed by atoms with Crippen molar-refractivity contribution >= 4 is 17.4 Å². The number of ether oxygens (including phenoxy) is 1. The molecule has 1 aliphatic heterocycles. The van der Waals surface area contributed by atoms with Crippen molar-refractivity contribution < 1.29 is 9.84 Å². The number of hydrogen-bond donors (Lipinski definition) is 2. The van der Waals surface area contributed by atoms with Gasteiger partial charge in [0.1, 0.15) is 5.82 Å². The first-order valence-corrected chi connectivity index (χ1v) is 7.28. The largest absolute Gasteiger partial charge is 0.392 e. The number of hydrogen-bond acceptors (Lipinski definition) is 4. The lowest BCUT2D eigenvalue weighted by atomic mass is 10.00. The molecule has 4 nitrogen and oxygen atoms in total. The van der Waals surface area contributed by atoms with Crippen LogP contribution in [0.25, 0.3) is 0 Å². The van der Waals surface area contributed by atoms with E-state index in [-0.39, 0.29) is 6.61 Å². The van der Waals surface area contributed by atoms with Gasteiger partial charge in [-0.05, 0) is 37.7 Å². The van der Waals surface area contributed by atoms with Crippen LogP contribution < -0.4 is 5.32 Å². The van der Waals surface area contributed by atoms with E-state index in [4.69, 9.17) is 16.3 Å². The Morgan fingerprint density at radius 2 is 2.26 bits per heavy atom. The fraction of sp³-hybridized carbons (Fsp3) is 0.643. The summed E-state index contributed by atoms with van der Waals surface area (Å²) in [5.41, 5.74) is 0.713. The van der Waals surface area contributed by atoms with E-state index in [0.717, 1.165) is 25.4 Å². The van der Waals surface area contributed by atoms with E-state index in [0.29, 0.717) is 28.5 Å². The van der Waals surface area contributed by atoms with Crippen molar-refractivity contribution in [3.63, 3.8) is 0 Å². The Bertz CT molecular complexity index is 451. The third kappa shape index (κ3) is 3.02. The highest BCUT2D eigenvalue weighted by Gasteiger charge is 2.36. The van der Waals surface area contributed by atoms with E-state index >= 15 is 0 Å². The first-order chi connectivity index (χ1) is 9.28. The van der Waals surface area contributed by atoms with E-state index < -0.39 is 0 Å². The van der Waals surface area contributed by atoms with Crippen LogP contribution in [0.1, 0.15) is 31.2 Å². The fourth-order valence-electron chi connectivity index (χ4n) is 2.66. The summed E-state index contributed by atoms with van der Waals surface area (Å²) < 4.78 is 5.81. The summed E-state index contributed by atoms with van der Waals surface area (Å²) in [5.74, 6) is 1.44. The second kappa shape index (κ2) is 5.65. The van der Waals surface area contributed by atoms with Crippen LogP contribution in [-0.4, -0.2) is 28.8 Å². The lowest BCUT2D eigenvalue weighted by Crippen LogP contribution is -2.35. The highest BCUT2D eigenvalue weighted by atomic mass is 35.5. The predicted molar refractivity (Wildman–Crippen MR) is 74.3 cm³/mol. The van der Waals surface area contributed by atoms with Crippen molar-refractivity contribution in [2.24, 2.45) is 5.92 Å². The molecule has 0 spiro atoms. The average molecular weight is 283 g/mol. The Kier molecular flexibility index (Phi) is 3.91. The number of aliphatic hydroxyl groups is 1. The van der Waals surface area contributed by atoms with Gasteiger partial charge in [-0.3, -0.25) is 0 Å². The maximum Gasteiger partial charge on any atom is 0.145 e. The van der Waals surface area contributed by atoms with Crippen LogP contribution in [0.4, 0.5) is 5.82 Å². The molecule has 0 radical (unpaired) electrons. The summed E-state index contributed by atoms with van der Waals surface area (Å²) in [6, 6.07) is 2.10. The normalized spacial score (nSPS) is 27.3. The van der Waals surface area contributed by atoms with Gasteiger partial charge in [0.2, 0.25) is 0 Å². The average Bonchev–Trinajstić information content (AvgIpc) is 3.26. The molecule has 1 aromatic rings. The van der Waals surface area contributed by atoms with Crippen molar-refractivity contribution in [2.75, 3.05) is 11.9 Å². The second-order valence-corrected chi connectivity index (χ2v) is 5.78. The highest BCUT2D eigenvalue weighted by molar-refractivity contribution is 6.33. The lowest BCUT2D eigenvalue weighted by Gasteiger charge is -2.30. The third-order valence-electron chi connectivity index (χ3n) is 3.94. The zero-order chi connectivity index (χ0) is 13.2. The molecule has 3 rings (SSSR count). The molecule has 1 aromatic heterocycles. The van der Waals surface area contributed by atoms with Gasteiger partial charge < -0.3 is 15.2 Å². The SMILES string of the molecule is OCc1ccnc(NC2CCOC(C3CC3)C2)c1Cl. The van der Waals surface area contributed by atoms with Gasteiger partial charge >= 0.3 is 0 Å². The molecule has 5 heteroatoms. The Hall–Kier alpha value is -0.840. The molecule has 2 aliphatic rings. The topological polar surface area (TPSA) is 54.4 Å². The van der Waals surface area contributed by atoms with E-state index in [1.54, 1.807) is 12.3 Å². The Morgan fingerprint density at radius 3 is 3.00 bits per heavy atom. The molecule has 1 aliphatic carbocycles. The van der Waals surface area contributed by atoms with Gasteiger partial charge in [0.05, 0.1) is 17.7 Å². The summed E-state index contributed by atoms with van der Waals surface area (Å²) in [5, 5.41) is 13.1. The number of aromatic nitrogens is 1. The number of anilines is 1. The maximum atomic E-state index is 9.21. The standard InChI is InChI=1S/C14H19ClN2O2/c15-13-10(8-18)3-5-16-14(13)17-11-4-6-19-12(7-11)9-1-2-9/h3,5,9,11-12,18H,1-2,4,6-8H2,(H,16,17). The van der Waals surface area contributed by atoms with Crippen LogP contribution in [0.2, 0.25) is 5.02 Å². The first kappa shape index (κ1) is 13.2. The number of halogens is 1. The fourth-order valence-corrected chi connectivity index (χ4v) is 2.88. The molecule has 0 bridgehead atoms. The smallest absolute Gasteiger partial charge is 0.145 e. The summed E-state index contributed by atoms with van der Waals surface area (Å²) >= 11 is 6.22. The molecule has 0 amide bonds. The number of aliphatic hydroxyl groups excluding tert-OH is 1. The molecule has 0 aromatic carbocycles. The van der Waals surface area contributed by atoms with Crippen molar-refractivity contribution in [3.8, 4) is 0 Å². The quantitative estimate of drug-likeness (QED) is 0.891. The van der Waals surface area contributed by atoms with Crippen LogP contribution >= 0.6 is 11.6 Å².